The molecule has 0 aliphatic heterocycles. The van der Waals surface area contributed by atoms with Gasteiger partial charge in [0.15, 0.2) is 6.29 Å². The van der Waals surface area contributed by atoms with Crippen LogP contribution in [0, 0.1) is 0 Å². The zero-order valence-corrected chi connectivity index (χ0v) is 36.5. The van der Waals surface area contributed by atoms with Crippen LogP contribution in [-0.2, 0) is 33.3 Å². The van der Waals surface area contributed by atoms with Crippen LogP contribution in [0.3, 0.4) is 0 Å². The van der Waals surface area contributed by atoms with Gasteiger partial charge in [0.25, 0.3) is 5.91 Å². The molecule has 0 fully saturated rings. The first-order valence-corrected chi connectivity index (χ1v) is 19.2. The van der Waals surface area contributed by atoms with Crippen molar-refractivity contribution >= 4 is 53.3 Å². The summed E-state index contributed by atoms with van der Waals surface area (Å²) >= 11 is 0. The molecule has 0 aromatic heterocycles. The lowest BCUT2D eigenvalue weighted by Gasteiger charge is -2.27. The van der Waals surface area contributed by atoms with Gasteiger partial charge in [-0.25, -0.2) is 14.4 Å². The van der Waals surface area contributed by atoms with Gasteiger partial charge < -0.3 is 50.3 Å². The second-order valence-electron chi connectivity index (χ2n) is 17.3. The molecule has 19 heteroatoms. The Bertz CT molecular complexity index is 1780. The van der Waals surface area contributed by atoms with Crippen molar-refractivity contribution in [1.29, 1.82) is 0 Å². The predicted octanol–water partition coefficient (Wildman–Crippen LogP) is 4.92. The number of rotatable bonds is 16. The third-order valence-electron chi connectivity index (χ3n) is 6.77. The van der Waals surface area contributed by atoms with Gasteiger partial charge in [0.2, 0.25) is 11.8 Å². The molecule has 7 N–H and O–H groups in total. The van der Waals surface area contributed by atoms with Crippen LogP contribution in [0.5, 0.6) is 5.75 Å². The van der Waals surface area contributed by atoms with E-state index in [1.807, 2.05) is 0 Å². The average Bonchev–Trinajstić information content (AvgIpc) is 3.06. The largest absolute Gasteiger partial charge is 0.492 e. The zero-order valence-electron chi connectivity index (χ0n) is 36.5. The number of nitrogens with one attached hydrogen (secondary N) is 7. The molecule has 2 aromatic rings. The van der Waals surface area contributed by atoms with Gasteiger partial charge in [0, 0.05) is 16.9 Å². The molecule has 19 nitrogen and oxygen atoms in total. The molecule has 0 aliphatic carbocycles. The minimum absolute atomic E-state index is 0.0934. The van der Waals surface area contributed by atoms with Gasteiger partial charge in [0.05, 0.1) is 19.5 Å². The summed E-state index contributed by atoms with van der Waals surface area (Å²) in [7, 11) is 0. The summed E-state index contributed by atoms with van der Waals surface area (Å²) in [6.45, 7) is 20.0. The number of benzene rings is 2. The first-order chi connectivity index (χ1) is 27.6. The Kier molecular flexibility index (Phi) is 18.0. The van der Waals surface area contributed by atoms with Crippen LogP contribution in [-0.4, -0.2) is 96.4 Å². The van der Waals surface area contributed by atoms with E-state index >= 15 is 0 Å². The van der Waals surface area contributed by atoms with Crippen molar-refractivity contribution < 1.29 is 57.2 Å². The van der Waals surface area contributed by atoms with Crippen molar-refractivity contribution in [3.05, 3.63) is 54.1 Å². The Labute approximate surface area is 351 Å². The highest BCUT2D eigenvalue weighted by Crippen LogP contribution is 2.18. The van der Waals surface area contributed by atoms with Crippen molar-refractivity contribution in [3.8, 4) is 5.75 Å². The van der Waals surface area contributed by atoms with Crippen LogP contribution in [0.25, 0.3) is 0 Å². The monoisotopic (exact) mass is 843 g/mol. The fraction of sp³-hybridized carbons (Fsp3) is 0.537. The van der Waals surface area contributed by atoms with E-state index in [0.717, 1.165) is 0 Å². The molecule has 2 rings (SSSR count). The van der Waals surface area contributed by atoms with Crippen LogP contribution in [0.1, 0.15) is 99.9 Å². The number of alkyl carbamates (subject to hydrolysis) is 3. The molecule has 1 atom stereocenters. The van der Waals surface area contributed by atoms with E-state index in [-0.39, 0.29) is 24.4 Å². The summed E-state index contributed by atoms with van der Waals surface area (Å²) in [5.41, 5.74) is -2.46. The number of hydrogen-bond acceptors (Lipinski definition) is 13. The summed E-state index contributed by atoms with van der Waals surface area (Å²) in [5, 5.41) is 18.1. The van der Waals surface area contributed by atoms with Crippen molar-refractivity contribution in [2.24, 2.45) is 0 Å². The number of anilines is 2. The third kappa shape index (κ3) is 22.0. The highest BCUT2D eigenvalue weighted by molar-refractivity contribution is 6.01. The van der Waals surface area contributed by atoms with Gasteiger partial charge in [0.1, 0.15) is 40.8 Å². The molecule has 0 bridgehead atoms. The van der Waals surface area contributed by atoms with E-state index < -0.39 is 89.7 Å². The molecule has 6 amide bonds. The van der Waals surface area contributed by atoms with Gasteiger partial charge >= 0.3 is 24.2 Å². The molecule has 0 radical (unpaired) electrons. The molecule has 0 saturated carbocycles. The quantitative estimate of drug-likeness (QED) is 0.0514. The smallest absolute Gasteiger partial charge is 0.410 e. The van der Waals surface area contributed by atoms with E-state index in [9.17, 15) is 33.6 Å². The second kappa shape index (κ2) is 21.7. The summed E-state index contributed by atoms with van der Waals surface area (Å²) in [6.07, 6.45) is -4.02. The number of esters is 1. The Morgan fingerprint density at radius 3 is 1.67 bits per heavy atom. The van der Waals surface area contributed by atoms with Crippen LogP contribution < -0.4 is 42.0 Å². The molecule has 0 aliphatic rings. The minimum atomic E-state index is -1.39. The summed E-state index contributed by atoms with van der Waals surface area (Å²) in [5.74, 6) is -2.50. The minimum Gasteiger partial charge on any atom is -0.492 e. The van der Waals surface area contributed by atoms with Crippen molar-refractivity contribution in [3.63, 3.8) is 0 Å². The third-order valence-corrected chi connectivity index (χ3v) is 6.77. The lowest BCUT2D eigenvalue weighted by Crippen LogP contribution is -2.54. The summed E-state index contributed by atoms with van der Waals surface area (Å²) < 4.78 is 26.8. The summed E-state index contributed by atoms with van der Waals surface area (Å²) in [6, 6.07) is 10.8. The van der Waals surface area contributed by atoms with Crippen LogP contribution in [0.2, 0.25) is 0 Å². The van der Waals surface area contributed by atoms with E-state index in [4.69, 9.17) is 23.7 Å². The second-order valence-corrected chi connectivity index (χ2v) is 17.3. The maximum Gasteiger partial charge on any atom is 0.410 e. The maximum atomic E-state index is 13.4. The van der Waals surface area contributed by atoms with Crippen molar-refractivity contribution in [2.45, 2.75) is 124 Å². The SMILES string of the molecule is CC(C)(C)OC(=O)C[C@H](NC(=O)CNC(=O)c1cccc(NC(NC(=O)OC(C)(C)C)NC(=O)OC(C)(C)C)c1)C(=O)Nc1ccc(OCCNC(=O)OC(C)(C)C)cc1. The molecule has 0 heterocycles. The van der Waals surface area contributed by atoms with E-state index in [1.165, 1.54) is 18.2 Å². The molecular weight excluding hydrogens is 782 g/mol. The molecule has 0 spiro atoms. The van der Waals surface area contributed by atoms with E-state index in [1.54, 1.807) is 113 Å². The van der Waals surface area contributed by atoms with Crippen LogP contribution in [0.15, 0.2) is 48.5 Å². The first kappa shape index (κ1) is 49.9. The van der Waals surface area contributed by atoms with Crippen molar-refractivity contribution in [1.82, 2.24) is 26.6 Å². The molecule has 332 valence electrons. The molecule has 2 aromatic carbocycles. The van der Waals surface area contributed by atoms with E-state index in [2.05, 4.69) is 37.2 Å². The van der Waals surface area contributed by atoms with Gasteiger partial charge in [-0.05, 0) is 126 Å². The zero-order chi connectivity index (χ0) is 45.5. The van der Waals surface area contributed by atoms with Crippen LogP contribution >= 0.6 is 0 Å². The standard InChI is InChI=1S/C41H61N7O12/c1-38(2,3)57-31(50)23-29(33(52)44-26-16-18-28(19-17-26)56-21-20-42-35(53)58-39(4,5)6)46-30(49)24-43-32(51)25-14-13-15-27(22-25)45-34(47-36(54)59-40(7,8)9)48-37(55)60-41(10,11)12/h13-19,22,29,34,45H,20-21,23-24H2,1-12H3,(H,42,53)(H,43,51)(H,44,52)(H,46,49)(H,47,54)(H,48,55)/t29-/m0/s1. The first-order valence-electron chi connectivity index (χ1n) is 19.2. The molecule has 0 saturated heterocycles. The van der Waals surface area contributed by atoms with Gasteiger partial charge in [-0.2, -0.15) is 0 Å². The Morgan fingerprint density at radius 2 is 1.13 bits per heavy atom. The molecular formula is C41H61N7O12. The maximum absolute atomic E-state index is 13.4. The summed E-state index contributed by atoms with van der Waals surface area (Å²) in [4.78, 5) is 89.3. The number of hydrogen-bond donors (Lipinski definition) is 7. The normalized spacial score (nSPS) is 12.2. The number of amides is 6. The highest BCUT2D eigenvalue weighted by Gasteiger charge is 2.28. The fourth-order valence-corrected chi connectivity index (χ4v) is 4.64. The molecule has 0 unspecified atom stereocenters. The van der Waals surface area contributed by atoms with Gasteiger partial charge in [-0.15, -0.1) is 0 Å². The van der Waals surface area contributed by atoms with Crippen LogP contribution in [0.4, 0.5) is 25.8 Å². The Morgan fingerprint density at radius 1 is 0.600 bits per heavy atom. The Balaban J connectivity index is 2.08. The fourth-order valence-electron chi connectivity index (χ4n) is 4.64. The highest BCUT2D eigenvalue weighted by atomic mass is 16.6. The number of carbonyl (C=O) groups is 7. The lowest BCUT2D eigenvalue weighted by molar-refractivity contribution is -0.156. The predicted molar refractivity (Wildman–Crippen MR) is 222 cm³/mol. The Hall–Kier alpha value is -6.27. The number of ether oxygens (including phenoxy) is 5. The van der Waals surface area contributed by atoms with Crippen molar-refractivity contribution in [2.75, 3.05) is 30.3 Å². The van der Waals surface area contributed by atoms with Gasteiger partial charge in [-0.1, -0.05) is 6.07 Å². The van der Waals surface area contributed by atoms with Gasteiger partial charge in [-0.3, -0.25) is 29.8 Å². The lowest BCUT2D eigenvalue weighted by atomic mass is 10.1. The average molecular weight is 844 g/mol. The topological polar surface area (TPSA) is 250 Å². The number of carbonyl (C=O) groups excluding carboxylic acids is 7. The molecule has 60 heavy (non-hydrogen) atoms. The van der Waals surface area contributed by atoms with E-state index in [0.29, 0.717) is 11.4 Å².